The molecule has 0 unspecified atom stereocenters. The van der Waals surface area contributed by atoms with Crippen molar-refractivity contribution >= 4 is 34.2 Å². The van der Waals surface area contributed by atoms with Crippen LogP contribution in [0, 0.1) is 0 Å². The highest BCUT2D eigenvalue weighted by atomic mass is 32.2. The van der Waals surface area contributed by atoms with Gasteiger partial charge in [0.05, 0.1) is 5.75 Å². The van der Waals surface area contributed by atoms with Crippen LogP contribution in [-0.2, 0) is 4.79 Å². The lowest BCUT2D eigenvalue weighted by Gasteiger charge is -2.17. The van der Waals surface area contributed by atoms with Gasteiger partial charge in [-0.05, 0) is 12.8 Å². The van der Waals surface area contributed by atoms with Crippen LogP contribution in [0.25, 0.3) is 0 Å². The zero-order valence-electron chi connectivity index (χ0n) is 9.05. The van der Waals surface area contributed by atoms with E-state index >= 15 is 0 Å². The number of amides is 1. The van der Waals surface area contributed by atoms with Crippen molar-refractivity contribution in [1.82, 2.24) is 10.2 Å². The molecule has 1 amide bonds. The normalized spacial score (nSPS) is 16.1. The Labute approximate surface area is 107 Å². The summed E-state index contributed by atoms with van der Waals surface area (Å²) in [5.41, 5.74) is 0. The molecule has 1 aliphatic heterocycles. The lowest BCUT2D eigenvalue weighted by atomic mass is 10.4. The number of alkyl halides is 3. The van der Waals surface area contributed by atoms with Crippen molar-refractivity contribution in [3.8, 4) is 0 Å². The van der Waals surface area contributed by atoms with Gasteiger partial charge in [0.25, 0.3) is 0 Å². The van der Waals surface area contributed by atoms with Crippen molar-refractivity contribution in [1.29, 1.82) is 0 Å². The maximum Gasteiger partial charge on any atom is 0.405 e. The van der Waals surface area contributed by atoms with E-state index in [9.17, 15) is 18.0 Å². The van der Waals surface area contributed by atoms with E-state index in [1.165, 1.54) is 0 Å². The fraction of sp³-hybridized carbons (Fsp3) is 0.778. The Morgan fingerprint density at radius 3 is 2.47 bits per heavy atom. The van der Waals surface area contributed by atoms with Gasteiger partial charge in [0.2, 0.25) is 5.91 Å². The lowest BCUT2D eigenvalue weighted by Crippen LogP contribution is -2.35. The van der Waals surface area contributed by atoms with Gasteiger partial charge in [-0.2, -0.15) is 13.2 Å². The topological polar surface area (TPSA) is 32.3 Å². The minimum atomic E-state index is -4.37. The number of hydrogen-bond donors (Lipinski definition) is 1. The summed E-state index contributed by atoms with van der Waals surface area (Å²) < 4.78 is 36.0. The fourth-order valence-electron chi connectivity index (χ4n) is 1.37. The van der Waals surface area contributed by atoms with Gasteiger partial charge in [0, 0.05) is 13.1 Å². The number of thiocarbonyl (C=S) groups is 1. The van der Waals surface area contributed by atoms with Crippen LogP contribution in [0.15, 0.2) is 0 Å². The molecule has 0 saturated carbocycles. The van der Waals surface area contributed by atoms with E-state index in [1.807, 2.05) is 4.90 Å². The summed E-state index contributed by atoms with van der Waals surface area (Å²) in [5, 5.41) is 1.81. The summed E-state index contributed by atoms with van der Waals surface area (Å²) >= 11 is 6.19. The number of halogens is 3. The zero-order chi connectivity index (χ0) is 12.9. The summed E-state index contributed by atoms with van der Waals surface area (Å²) in [5.74, 6) is -0.709. The average Bonchev–Trinajstić information content (AvgIpc) is 2.75. The van der Waals surface area contributed by atoms with Crippen LogP contribution >= 0.6 is 24.0 Å². The molecule has 0 spiro atoms. The van der Waals surface area contributed by atoms with Crippen molar-refractivity contribution in [3.05, 3.63) is 0 Å². The van der Waals surface area contributed by atoms with E-state index in [2.05, 4.69) is 0 Å². The Bertz CT molecular complexity index is 290. The smallest absolute Gasteiger partial charge is 0.358 e. The zero-order valence-corrected chi connectivity index (χ0v) is 10.7. The molecule has 0 aromatic carbocycles. The van der Waals surface area contributed by atoms with E-state index < -0.39 is 18.6 Å². The number of likely N-dealkylation sites (tertiary alicyclic amines) is 1. The number of nitrogens with zero attached hydrogens (tertiary/aromatic N) is 1. The number of rotatable bonds is 3. The number of carbonyl (C=O) groups excluding carboxylic acids is 1. The van der Waals surface area contributed by atoms with E-state index in [0.29, 0.717) is 4.32 Å². The van der Waals surface area contributed by atoms with E-state index in [0.717, 1.165) is 37.7 Å². The first-order valence-corrected chi connectivity index (χ1v) is 6.53. The van der Waals surface area contributed by atoms with Crippen LogP contribution in [0.5, 0.6) is 0 Å². The summed E-state index contributed by atoms with van der Waals surface area (Å²) in [7, 11) is 0. The molecule has 1 fully saturated rings. The molecule has 1 N–H and O–H groups in total. The highest BCUT2D eigenvalue weighted by Crippen LogP contribution is 2.16. The van der Waals surface area contributed by atoms with Crippen LogP contribution in [0.3, 0.4) is 0 Å². The van der Waals surface area contributed by atoms with Crippen molar-refractivity contribution in [2.75, 3.05) is 25.4 Å². The van der Waals surface area contributed by atoms with Gasteiger partial charge in [-0.1, -0.05) is 24.0 Å². The summed E-state index contributed by atoms with van der Waals surface area (Å²) in [6.45, 7) is 0.453. The summed E-state index contributed by atoms with van der Waals surface area (Å²) in [6, 6.07) is 0. The third-order valence-corrected chi connectivity index (χ3v) is 3.70. The molecule has 17 heavy (non-hydrogen) atoms. The molecule has 1 aliphatic rings. The van der Waals surface area contributed by atoms with Crippen LogP contribution in [0.2, 0.25) is 0 Å². The first kappa shape index (κ1) is 14.6. The van der Waals surface area contributed by atoms with Crippen LogP contribution < -0.4 is 5.32 Å². The standard InChI is InChI=1S/C9H13F3N2OS2/c10-9(11,12)6-13-7(15)5-17-8(16)14-3-1-2-4-14/h1-6H2,(H,13,15). The van der Waals surface area contributed by atoms with Crippen molar-refractivity contribution in [2.24, 2.45) is 0 Å². The fourth-order valence-corrected chi connectivity index (χ4v) is 2.45. The maximum absolute atomic E-state index is 11.8. The summed E-state index contributed by atoms with van der Waals surface area (Å²) in [6.07, 6.45) is -2.22. The van der Waals surface area contributed by atoms with Gasteiger partial charge in [-0.15, -0.1) is 0 Å². The number of thioether (sulfide) groups is 1. The third-order valence-electron chi connectivity index (χ3n) is 2.18. The highest BCUT2D eigenvalue weighted by Gasteiger charge is 2.27. The molecule has 0 radical (unpaired) electrons. The van der Waals surface area contributed by atoms with Gasteiger partial charge in [0.1, 0.15) is 10.9 Å². The van der Waals surface area contributed by atoms with Crippen molar-refractivity contribution < 1.29 is 18.0 Å². The Morgan fingerprint density at radius 2 is 1.94 bits per heavy atom. The largest absolute Gasteiger partial charge is 0.405 e. The van der Waals surface area contributed by atoms with Crippen LogP contribution in [0.1, 0.15) is 12.8 Å². The first-order valence-electron chi connectivity index (χ1n) is 5.13. The molecule has 1 saturated heterocycles. The van der Waals surface area contributed by atoms with Gasteiger partial charge in [0.15, 0.2) is 0 Å². The van der Waals surface area contributed by atoms with Gasteiger partial charge < -0.3 is 10.2 Å². The molecule has 1 heterocycles. The maximum atomic E-state index is 11.8. The molecule has 8 heteroatoms. The summed E-state index contributed by atoms with van der Waals surface area (Å²) in [4.78, 5) is 13.1. The molecule has 0 atom stereocenters. The second kappa shape index (κ2) is 6.44. The second-order valence-corrected chi connectivity index (χ2v) is 5.25. The van der Waals surface area contributed by atoms with Gasteiger partial charge in [-0.3, -0.25) is 4.79 Å². The Kier molecular flexibility index (Phi) is 5.51. The van der Waals surface area contributed by atoms with Crippen LogP contribution in [0.4, 0.5) is 13.2 Å². The SMILES string of the molecule is O=C(CSC(=S)N1CCCC1)NCC(F)(F)F. The van der Waals surface area contributed by atoms with Gasteiger partial charge >= 0.3 is 6.18 Å². The molecular weight excluding hydrogens is 273 g/mol. The van der Waals surface area contributed by atoms with Crippen LogP contribution in [-0.4, -0.2) is 46.7 Å². The Morgan fingerprint density at radius 1 is 1.35 bits per heavy atom. The molecule has 0 bridgehead atoms. The van der Waals surface area contributed by atoms with Crippen molar-refractivity contribution in [2.45, 2.75) is 19.0 Å². The lowest BCUT2D eigenvalue weighted by molar-refractivity contribution is -0.136. The molecule has 0 aromatic heterocycles. The molecule has 0 aromatic rings. The predicted octanol–water partition coefficient (Wildman–Crippen LogP) is 1.78. The Hall–Kier alpha value is -0.500. The molecule has 1 rings (SSSR count). The van der Waals surface area contributed by atoms with Crippen molar-refractivity contribution in [3.63, 3.8) is 0 Å². The first-order chi connectivity index (χ1) is 7.88. The van der Waals surface area contributed by atoms with E-state index in [-0.39, 0.29) is 5.75 Å². The quantitative estimate of drug-likeness (QED) is 0.802. The second-order valence-electron chi connectivity index (χ2n) is 3.64. The molecule has 0 aliphatic carbocycles. The molecular formula is C9H13F3N2OS2. The minimum absolute atomic E-state index is 0.0641. The third kappa shape index (κ3) is 6.11. The number of carbonyl (C=O) groups is 1. The van der Waals surface area contributed by atoms with E-state index in [1.54, 1.807) is 5.32 Å². The Balaban J connectivity index is 2.17. The predicted molar refractivity (Wildman–Crippen MR) is 64.9 cm³/mol. The highest BCUT2D eigenvalue weighted by molar-refractivity contribution is 8.23. The number of nitrogens with one attached hydrogen (secondary N) is 1. The van der Waals surface area contributed by atoms with E-state index in [4.69, 9.17) is 12.2 Å². The molecule has 98 valence electrons. The number of hydrogen-bond acceptors (Lipinski definition) is 3. The minimum Gasteiger partial charge on any atom is -0.358 e. The van der Waals surface area contributed by atoms with Gasteiger partial charge in [-0.25, -0.2) is 0 Å². The average molecular weight is 286 g/mol. The molecule has 3 nitrogen and oxygen atoms in total. The monoisotopic (exact) mass is 286 g/mol.